The lowest BCUT2D eigenvalue weighted by molar-refractivity contribution is 0.479. The fourth-order valence-electron chi connectivity index (χ4n) is 5.29. The van der Waals surface area contributed by atoms with Crippen LogP contribution in [-0.4, -0.2) is 0 Å². The van der Waals surface area contributed by atoms with Crippen LogP contribution in [0.1, 0.15) is 24.8 Å². The van der Waals surface area contributed by atoms with E-state index >= 15 is 0 Å². The minimum Gasteiger partial charge on any atom is -0.0839 e. The van der Waals surface area contributed by atoms with Gasteiger partial charge in [0.2, 0.25) is 0 Å². The monoisotopic (exact) mass is 282 g/mol. The zero-order valence-corrected chi connectivity index (χ0v) is 12.5. The van der Waals surface area contributed by atoms with Crippen LogP contribution in [0.2, 0.25) is 0 Å². The molecule has 0 radical (unpaired) electrons. The third-order valence-electron chi connectivity index (χ3n) is 6.59. The van der Waals surface area contributed by atoms with Gasteiger partial charge < -0.3 is 0 Å². The lowest BCUT2D eigenvalue weighted by atomic mass is 9.78. The molecule has 0 nitrogen and oxygen atoms in total. The van der Waals surface area contributed by atoms with Crippen LogP contribution in [0.3, 0.4) is 0 Å². The molecule has 3 aromatic rings. The zero-order valence-electron chi connectivity index (χ0n) is 12.5. The average Bonchev–Trinajstić information content (AvgIpc) is 3.46. The normalized spacial score (nSPS) is 30.1. The van der Waals surface area contributed by atoms with Crippen LogP contribution in [-0.2, 0) is 5.41 Å². The Hall–Kier alpha value is -2.08. The molecule has 0 bridgehead atoms. The van der Waals surface area contributed by atoms with Gasteiger partial charge in [0.25, 0.3) is 0 Å². The molecule has 3 aliphatic carbocycles. The van der Waals surface area contributed by atoms with Crippen LogP contribution in [0.5, 0.6) is 0 Å². The molecule has 0 heteroatoms. The van der Waals surface area contributed by atoms with Crippen LogP contribution in [0, 0.1) is 11.3 Å². The van der Waals surface area contributed by atoms with Crippen molar-refractivity contribution < 1.29 is 0 Å². The van der Waals surface area contributed by atoms with Gasteiger partial charge in [-0.3, -0.25) is 0 Å². The Labute approximate surface area is 130 Å². The summed E-state index contributed by atoms with van der Waals surface area (Å²) in [6.45, 7) is 0. The number of fused-ring (bicyclic) bond motifs is 5. The topological polar surface area (TPSA) is 0 Å². The highest BCUT2D eigenvalue weighted by Crippen LogP contribution is 2.78. The van der Waals surface area contributed by atoms with E-state index in [9.17, 15) is 0 Å². The molecule has 2 fully saturated rings. The average molecular weight is 282 g/mol. The lowest BCUT2D eigenvalue weighted by Gasteiger charge is -2.25. The van der Waals surface area contributed by atoms with Gasteiger partial charge in [-0.1, -0.05) is 60.7 Å². The molecule has 0 heterocycles. The first-order chi connectivity index (χ1) is 10.8. The van der Waals surface area contributed by atoms with E-state index in [0.29, 0.717) is 10.8 Å². The molecular formula is C22H18. The maximum Gasteiger partial charge on any atom is 0.0119 e. The Morgan fingerprint density at radius 3 is 2.32 bits per heavy atom. The second kappa shape index (κ2) is 3.46. The Morgan fingerprint density at radius 1 is 0.818 bits per heavy atom. The highest BCUT2D eigenvalue weighted by Gasteiger charge is 2.73. The first-order valence-electron chi connectivity index (χ1n) is 8.44. The summed E-state index contributed by atoms with van der Waals surface area (Å²) < 4.78 is 0. The van der Waals surface area contributed by atoms with E-state index in [4.69, 9.17) is 0 Å². The van der Waals surface area contributed by atoms with Crippen molar-refractivity contribution >= 4 is 21.5 Å². The van der Waals surface area contributed by atoms with Crippen LogP contribution in [0.4, 0.5) is 0 Å². The summed E-state index contributed by atoms with van der Waals surface area (Å²) >= 11 is 0. The van der Waals surface area contributed by atoms with Crippen molar-refractivity contribution in [2.24, 2.45) is 11.3 Å². The summed E-state index contributed by atoms with van der Waals surface area (Å²) in [6, 6.07) is 20.4. The largest absolute Gasteiger partial charge is 0.0839 e. The van der Waals surface area contributed by atoms with Crippen LogP contribution < -0.4 is 0 Å². The van der Waals surface area contributed by atoms with Crippen molar-refractivity contribution in [3.05, 3.63) is 72.3 Å². The Bertz CT molecular complexity index is 974. The summed E-state index contributed by atoms with van der Waals surface area (Å²) in [5, 5.41) is 5.71. The zero-order chi connectivity index (χ0) is 14.4. The van der Waals surface area contributed by atoms with Gasteiger partial charge in [0.05, 0.1) is 0 Å². The number of allylic oxidation sites excluding steroid dienone is 2. The van der Waals surface area contributed by atoms with E-state index in [1.807, 2.05) is 0 Å². The molecule has 0 amide bonds. The van der Waals surface area contributed by atoms with Gasteiger partial charge in [0, 0.05) is 5.41 Å². The van der Waals surface area contributed by atoms with E-state index in [-0.39, 0.29) is 0 Å². The number of rotatable bonds is 1. The predicted octanol–water partition coefficient (Wildman–Crippen LogP) is 5.60. The molecule has 6 rings (SSSR count). The first kappa shape index (κ1) is 11.5. The fraction of sp³-hybridized carbons (Fsp3) is 0.273. The number of benzene rings is 3. The second-order valence-electron chi connectivity index (χ2n) is 7.49. The third kappa shape index (κ3) is 1.15. The van der Waals surface area contributed by atoms with Crippen molar-refractivity contribution in [3.8, 4) is 0 Å². The van der Waals surface area contributed by atoms with Crippen LogP contribution >= 0.6 is 0 Å². The molecule has 0 saturated heterocycles. The molecule has 0 aromatic heterocycles. The molecule has 0 N–H and O–H groups in total. The van der Waals surface area contributed by atoms with E-state index in [1.54, 1.807) is 5.56 Å². The van der Waals surface area contributed by atoms with Crippen molar-refractivity contribution in [1.82, 2.24) is 0 Å². The summed E-state index contributed by atoms with van der Waals surface area (Å²) in [6.07, 6.45) is 9.20. The molecular weight excluding hydrogens is 264 g/mol. The lowest BCUT2D eigenvalue weighted by Crippen LogP contribution is -2.19. The quantitative estimate of drug-likeness (QED) is 0.402. The molecule has 2 atom stereocenters. The minimum absolute atomic E-state index is 0.427. The highest BCUT2D eigenvalue weighted by atomic mass is 14.8. The van der Waals surface area contributed by atoms with Crippen molar-refractivity contribution in [1.29, 1.82) is 0 Å². The second-order valence-corrected chi connectivity index (χ2v) is 7.49. The van der Waals surface area contributed by atoms with Gasteiger partial charge in [-0.25, -0.2) is 0 Å². The van der Waals surface area contributed by atoms with Gasteiger partial charge in [-0.2, -0.15) is 0 Å². The Balaban J connectivity index is 1.75. The number of hydrogen-bond acceptors (Lipinski definition) is 0. The molecule has 106 valence electrons. The van der Waals surface area contributed by atoms with Crippen molar-refractivity contribution in [2.45, 2.75) is 24.7 Å². The summed E-state index contributed by atoms with van der Waals surface area (Å²) in [5.41, 5.74) is 2.55. The fourth-order valence-corrected chi connectivity index (χ4v) is 5.29. The SMILES string of the molecule is C1=CC2(CC2)C2(c3cc4ccccc4c4ccccc34)CC12. The van der Waals surface area contributed by atoms with Gasteiger partial charge in [-0.05, 0) is 63.8 Å². The van der Waals surface area contributed by atoms with E-state index in [0.717, 1.165) is 5.92 Å². The molecule has 2 unspecified atom stereocenters. The smallest absolute Gasteiger partial charge is 0.0119 e. The van der Waals surface area contributed by atoms with Gasteiger partial charge in [0.1, 0.15) is 0 Å². The van der Waals surface area contributed by atoms with E-state index in [2.05, 4.69) is 66.7 Å². The van der Waals surface area contributed by atoms with E-state index < -0.39 is 0 Å². The minimum atomic E-state index is 0.427. The molecule has 2 saturated carbocycles. The number of hydrogen-bond donors (Lipinski definition) is 0. The third-order valence-corrected chi connectivity index (χ3v) is 6.59. The molecule has 0 aliphatic heterocycles. The summed E-state index contributed by atoms with van der Waals surface area (Å²) in [4.78, 5) is 0. The van der Waals surface area contributed by atoms with Crippen LogP contribution in [0.15, 0.2) is 66.7 Å². The molecule has 3 aliphatic rings. The maximum atomic E-state index is 2.55. The standard InChI is InChI=1S/C22H18/c1-2-6-17-15(5-1)13-20(19-8-4-3-7-18(17)19)22-14-16(22)9-10-21(22)11-12-21/h1-10,13,16H,11-12,14H2. The van der Waals surface area contributed by atoms with E-state index in [1.165, 1.54) is 40.8 Å². The molecule has 22 heavy (non-hydrogen) atoms. The summed E-state index contributed by atoms with van der Waals surface area (Å²) in [5.74, 6) is 0.791. The van der Waals surface area contributed by atoms with Gasteiger partial charge >= 0.3 is 0 Å². The highest BCUT2D eigenvalue weighted by molar-refractivity contribution is 6.09. The van der Waals surface area contributed by atoms with Crippen molar-refractivity contribution in [2.75, 3.05) is 0 Å². The Kier molecular flexibility index (Phi) is 1.80. The Morgan fingerprint density at radius 2 is 1.55 bits per heavy atom. The molecule has 1 spiro atoms. The summed E-state index contributed by atoms with van der Waals surface area (Å²) in [7, 11) is 0. The van der Waals surface area contributed by atoms with Gasteiger partial charge in [0.15, 0.2) is 0 Å². The molecule has 3 aromatic carbocycles. The van der Waals surface area contributed by atoms with Gasteiger partial charge in [-0.15, -0.1) is 0 Å². The van der Waals surface area contributed by atoms with Crippen molar-refractivity contribution in [3.63, 3.8) is 0 Å². The van der Waals surface area contributed by atoms with Crippen LogP contribution in [0.25, 0.3) is 21.5 Å². The first-order valence-corrected chi connectivity index (χ1v) is 8.44. The maximum absolute atomic E-state index is 2.55. The predicted molar refractivity (Wildman–Crippen MR) is 92.0 cm³/mol.